The summed E-state index contributed by atoms with van der Waals surface area (Å²) in [4.78, 5) is 26.7. The molecule has 2 aromatic carbocycles. The first-order valence-electron chi connectivity index (χ1n) is 8.61. The van der Waals surface area contributed by atoms with Crippen LogP contribution in [0.15, 0.2) is 48.5 Å². The Labute approximate surface area is 157 Å². The number of amides is 3. The largest absolute Gasteiger partial charge is 0.495 e. The number of nitrogens with zero attached hydrogens (tertiary/aromatic N) is 2. The Morgan fingerprint density at radius 1 is 0.963 bits per heavy atom. The third-order valence-electron chi connectivity index (χ3n) is 4.40. The van der Waals surface area contributed by atoms with Crippen LogP contribution in [-0.4, -0.2) is 55.4 Å². The molecule has 0 saturated carbocycles. The van der Waals surface area contributed by atoms with Gasteiger partial charge in [0.15, 0.2) is 0 Å². The first-order valence-corrected chi connectivity index (χ1v) is 8.61. The molecule has 0 atom stereocenters. The van der Waals surface area contributed by atoms with E-state index in [2.05, 4.69) is 15.5 Å². The van der Waals surface area contributed by atoms with Gasteiger partial charge in [-0.1, -0.05) is 12.1 Å². The van der Waals surface area contributed by atoms with Crippen molar-refractivity contribution in [3.05, 3.63) is 48.5 Å². The Morgan fingerprint density at radius 3 is 2.26 bits per heavy atom. The summed E-state index contributed by atoms with van der Waals surface area (Å²) >= 11 is 0. The van der Waals surface area contributed by atoms with Crippen LogP contribution in [0.5, 0.6) is 5.75 Å². The van der Waals surface area contributed by atoms with Crippen LogP contribution >= 0.6 is 0 Å². The number of urea groups is 1. The third-order valence-corrected chi connectivity index (χ3v) is 4.40. The fraction of sp³-hybridized carbons (Fsp3) is 0.263. The number of anilines is 3. The second-order valence-electron chi connectivity index (χ2n) is 6.08. The van der Waals surface area contributed by atoms with Gasteiger partial charge >= 0.3 is 12.1 Å². The van der Waals surface area contributed by atoms with Crippen molar-refractivity contribution in [1.82, 2.24) is 4.90 Å². The molecule has 0 aliphatic carbocycles. The summed E-state index contributed by atoms with van der Waals surface area (Å²) in [6.45, 7) is 2.26. The van der Waals surface area contributed by atoms with E-state index in [1.165, 1.54) is 4.90 Å². The van der Waals surface area contributed by atoms with Crippen molar-refractivity contribution in [3.63, 3.8) is 0 Å². The van der Waals surface area contributed by atoms with Crippen LogP contribution in [-0.2, 0) is 0 Å². The van der Waals surface area contributed by atoms with Crippen LogP contribution in [0.3, 0.4) is 0 Å². The molecule has 0 unspecified atom stereocenters. The van der Waals surface area contributed by atoms with E-state index in [1.54, 1.807) is 19.2 Å². The van der Waals surface area contributed by atoms with Gasteiger partial charge < -0.3 is 30.3 Å². The van der Waals surface area contributed by atoms with E-state index in [1.807, 2.05) is 36.4 Å². The number of benzene rings is 2. The molecule has 3 amide bonds. The van der Waals surface area contributed by atoms with E-state index in [4.69, 9.17) is 9.84 Å². The maximum atomic E-state index is 12.2. The Balaban J connectivity index is 1.56. The first kappa shape index (κ1) is 18.4. The molecule has 3 rings (SSSR count). The number of para-hydroxylation sites is 2. The molecule has 142 valence electrons. The van der Waals surface area contributed by atoms with Gasteiger partial charge in [0.05, 0.1) is 12.8 Å². The van der Waals surface area contributed by atoms with E-state index in [0.29, 0.717) is 43.3 Å². The Morgan fingerprint density at radius 2 is 1.63 bits per heavy atom. The minimum atomic E-state index is -0.879. The molecular formula is C19H22N4O4. The number of hydrogen-bond acceptors (Lipinski definition) is 4. The normalized spacial score (nSPS) is 13.8. The summed E-state index contributed by atoms with van der Waals surface area (Å²) in [5, 5.41) is 14.5. The lowest BCUT2D eigenvalue weighted by molar-refractivity contribution is 0.142. The van der Waals surface area contributed by atoms with Crippen LogP contribution in [0.1, 0.15) is 0 Å². The number of ether oxygens (including phenoxy) is 1. The van der Waals surface area contributed by atoms with Gasteiger partial charge in [-0.05, 0) is 36.4 Å². The highest BCUT2D eigenvalue weighted by atomic mass is 16.5. The standard InChI is InChI=1S/C19H22N4O4/c1-27-17-5-3-2-4-16(17)21-18(24)20-14-6-8-15(9-7-14)22-10-12-23(13-11-22)19(25)26/h2-9H,10-13H2,1H3,(H,25,26)(H2,20,21,24). The summed E-state index contributed by atoms with van der Waals surface area (Å²) in [5.41, 5.74) is 2.25. The first-order chi connectivity index (χ1) is 13.1. The average molecular weight is 370 g/mol. The maximum absolute atomic E-state index is 12.2. The molecule has 1 saturated heterocycles. The molecule has 1 heterocycles. The van der Waals surface area contributed by atoms with Crippen molar-refractivity contribution in [2.45, 2.75) is 0 Å². The van der Waals surface area contributed by atoms with E-state index in [-0.39, 0.29) is 6.03 Å². The van der Waals surface area contributed by atoms with Crippen molar-refractivity contribution in [2.75, 3.05) is 48.8 Å². The van der Waals surface area contributed by atoms with Gasteiger partial charge in [-0.25, -0.2) is 9.59 Å². The highest BCUT2D eigenvalue weighted by Gasteiger charge is 2.20. The summed E-state index contributed by atoms with van der Waals surface area (Å²) in [5.74, 6) is 0.587. The molecular weight excluding hydrogens is 348 g/mol. The number of rotatable bonds is 4. The molecule has 3 N–H and O–H groups in total. The van der Waals surface area contributed by atoms with Crippen molar-refractivity contribution in [1.29, 1.82) is 0 Å². The molecule has 27 heavy (non-hydrogen) atoms. The van der Waals surface area contributed by atoms with Crippen molar-refractivity contribution < 1.29 is 19.4 Å². The topological polar surface area (TPSA) is 94.1 Å². The van der Waals surface area contributed by atoms with Crippen molar-refractivity contribution >= 4 is 29.2 Å². The monoisotopic (exact) mass is 370 g/mol. The maximum Gasteiger partial charge on any atom is 0.407 e. The fourth-order valence-corrected chi connectivity index (χ4v) is 2.94. The molecule has 8 heteroatoms. The second kappa shape index (κ2) is 8.31. The van der Waals surface area contributed by atoms with Crippen molar-refractivity contribution in [2.24, 2.45) is 0 Å². The molecule has 0 bridgehead atoms. The predicted molar refractivity (Wildman–Crippen MR) is 104 cm³/mol. The van der Waals surface area contributed by atoms with Crippen LogP contribution in [0, 0.1) is 0 Å². The summed E-state index contributed by atoms with van der Waals surface area (Å²) < 4.78 is 5.21. The van der Waals surface area contributed by atoms with Crippen LogP contribution in [0.25, 0.3) is 0 Å². The minimum Gasteiger partial charge on any atom is -0.495 e. The number of methoxy groups -OCH3 is 1. The molecule has 8 nitrogen and oxygen atoms in total. The summed E-state index contributed by atoms with van der Waals surface area (Å²) in [7, 11) is 1.55. The smallest absolute Gasteiger partial charge is 0.407 e. The zero-order valence-corrected chi connectivity index (χ0v) is 15.0. The van der Waals surface area contributed by atoms with Gasteiger partial charge in [-0.2, -0.15) is 0 Å². The third kappa shape index (κ3) is 4.60. The van der Waals surface area contributed by atoms with E-state index < -0.39 is 6.09 Å². The Bertz CT molecular complexity index is 802. The zero-order chi connectivity index (χ0) is 19.2. The molecule has 1 fully saturated rings. The lowest BCUT2D eigenvalue weighted by Gasteiger charge is -2.34. The van der Waals surface area contributed by atoms with E-state index in [0.717, 1.165) is 5.69 Å². The molecule has 0 spiro atoms. The van der Waals surface area contributed by atoms with Gasteiger partial charge in [0.1, 0.15) is 5.75 Å². The second-order valence-corrected chi connectivity index (χ2v) is 6.08. The summed E-state index contributed by atoms with van der Waals surface area (Å²) in [6, 6.07) is 14.3. The number of carbonyl (C=O) groups is 2. The molecule has 0 aromatic heterocycles. The van der Waals surface area contributed by atoms with Gasteiger partial charge in [0.2, 0.25) is 0 Å². The van der Waals surface area contributed by atoms with Crippen LogP contribution in [0.2, 0.25) is 0 Å². The molecule has 0 radical (unpaired) electrons. The quantitative estimate of drug-likeness (QED) is 0.769. The van der Waals surface area contributed by atoms with E-state index in [9.17, 15) is 9.59 Å². The Kier molecular flexibility index (Phi) is 5.65. The van der Waals surface area contributed by atoms with Gasteiger partial charge in [0.25, 0.3) is 0 Å². The minimum absolute atomic E-state index is 0.359. The van der Waals surface area contributed by atoms with Gasteiger partial charge in [-0.3, -0.25) is 0 Å². The highest BCUT2D eigenvalue weighted by Crippen LogP contribution is 2.24. The number of carbonyl (C=O) groups excluding carboxylic acids is 1. The molecule has 1 aliphatic rings. The average Bonchev–Trinajstić information content (AvgIpc) is 2.69. The van der Waals surface area contributed by atoms with E-state index >= 15 is 0 Å². The van der Waals surface area contributed by atoms with Crippen molar-refractivity contribution in [3.8, 4) is 5.75 Å². The zero-order valence-electron chi connectivity index (χ0n) is 15.0. The SMILES string of the molecule is COc1ccccc1NC(=O)Nc1ccc(N2CCN(C(=O)O)CC2)cc1. The summed E-state index contributed by atoms with van der Waals surface area (Å²) in [6.07, 6.45) is -0.879. The lowest BCUT2D eigenvalue weighted by atomic mass is 10.2. The van der Waals surface area contributed by atoms with Crippen LogP contribution < -0.4 is 20.3 Å². The lowest BCUT2D eigenvalue weighted by Crippen LogP contribution is -2.48. The molecule has 2 aromatic rings. The highest BCUT2D eigenvalue weighted by molar-refractivity contribution is 6.00. The number of carboxylic acid groups (broad SMARTS) is 1. The fourth-order valence-electron chi connectivity index (χ4n) is 2.94. The van der Waals surface area contributed by atoms with Crippen LogP contribution in [0.4, 0.5) is 26.7 Å². The number of piperazine rings is 1. The Hall–Kier alpha value is -3.42. The van der Waals surface area contributed by atoms with Gasteiger partial charge in [0, 0.05) is 37.6 Å². The number of hydrogen-bond donors (Lipinski definition) is 3. The predicted octanol–water partition coefficient (Wildman–Crippen LogP) is 3.14. The molecule has 1 aliphatic heterocycles. The van der Waals surface area contributed by atoms with Gasteiger partial charge in [-0.15, -0.1) is 0 Å². The number of nitrogens with one attached hydrogen (secondary N) is 2.